The molecule has 3 heteroatoms. The first-order valence-corrected chi connectivity index (χ1v) is 9.87. The summed E-state index contributed by atoms with van der Waals surface area (Å²) in [5.41, 5.74) is 3.25. The Morgan fingerprint density at radius 3 is 1.73 bits per heavy atom. The van der Waals surface area contributed by atoms with Crippen LogP contribution in [0.15, 0.2) is 109 Å². The van der Waals surface area contributed by atoms with Gasteiger partial charge in [0, 0.05) is 11.6 Å². The number of carbonyl (C=O) groups is 1. The fraction of sp³-hybridized carbons (Fsp3) is 0.0741. The summed E-state index contributed by atoms with van der Waals surface area (Å²) in [5.74, 6) is 1.10. The van der Waals surface area contributed by atoms with Crippen molar-refractivity contribution in [1.82, 2.24) is 0 Å². The third-order valence-electron chi connectivity index (χ3n) is 4.72. The standard InChI is InChI=1S/C27H22O3/c28-27(23-14-8-3-9-15-23)25-17-16-24(29-19-21-10-4-1-5-11-21)18-26(25)30-20-22-12-6-2-7-13-22/h1-18H,19-20H2. The van der Waals surface area contributed by atoms with Gasteiger partial charge in [0.05, 0.1) is 5.56 Å². The number of hydrogen-bond donors (Lipinski definition) is 0. The molecule has 0 N–H and O–H groups in total. The summed E-state index contributed by atoms with van der Waals surface area (Å²) in [6, 6.07) is 34.5. The van der Waals surface area contributed by atoms with Gasteiger partial charge >= 0.3 is 0 Å². The molecular weight excluding hydrogens is 372 g/mol. The number of carbonyl (C=O) groups excluding carboxylic acids is 1. The van der Waals surface area contributed by atoms with E-state index in [2.05, 4.69) is 0 Å². The van der Waals surface area contributed by atoms with Crippen molar-refractivity contribution in [2.45, 2.75) is 13.2 Å². The molecule has 0 aliphatic rings. The van der Waals surface area contributed by atoms with Gasteiger partial charge in [0.2, 0.25) is 0 Å². The van der Waals surface area contributed by atoms with E-state index in [0.29, 0.717) is 35.8 Å². The molecule has 0 aliphatic heterocycles. The quantitative estimate of drug-likeness (QED) is 0.340. The first-order chi connectivity index (χ1) is 14.8. The van der Waals surface area contributed by atoms with Crippen molar-refractivity contribution in [2.24, 2.45) is 0 Å². The molecular formula is C27H22O3. The fourth-order valence-corrected chi connectivity index (χ4v) is 3.12. The third kappa shape index (κ3) is 4.95. The van der Waals surface area contributed by atoms with Crippen molar-refractivity contribution in [2.75, 3.05) is 0 Å². The second kappa shape index (κ2) is 9.57. The number of benzene rings is 4. The van der Waals surface area contributed by atoms with Crippen LogP contribution in [0.5, 0.6) is 11.5 Å². The summed E-state index contributed by atoms with van der Waals surface area (Å²) in [6.07, 6.45) is 0. The van der Waals surface area contributed by atoms with E-state index in [1.54, 1.807) is 12.1 Å². The van der Waals surface area contributed by atoms with E-state index in [-0.39, 0.29) is 5.78 Å². The number of ketones is 1. The zero-order valence-corrected chi connectivity index (χ0v) is 16.5. The van der Waals surface area contributed by atoms with Crippen LogP contribution in [-0.2, 0) is 13.2 Å². The largest absolute Gasteiger partial charge is 0.489 e. The molecule has 0 aliphatic carbocycles. The Morgan fingerprint density at radius 2 is 1.13 bits per heavy atom. The van der Waals surface area contributed by atoms with Crippen LogP contribution < -0.4 is 9.47 Å². The van der Waals surface area contributed by atoms with Crippen LogP contribution in [0.4, 0.5) is 0 Å². The minimum Gasteiger partial charge on any atom is -0.489 e. The Morgan fingerprint density at radius 1 is 0.600 bits per heavy atom. The maximum Gasteiger partial charge on any atom is 0.196 e. The SMILES string of the molecule is O=C(c1ccccc1)c1ccc(OCc2ccccc2)cc1OCc1ccccc1. The van der Waals surface area contributed by atoms with Crippen molar-refractivity contribution in [1.29, 1.82) is 0 Å². The summed E-state index contributed by atoms with van der Waals surface area (Å²) in [5, 5.41) is 0. The van der Waals surface area contributed by atoms with E-state index in [4.69, 9.17) is 9.47 Å². The molecule has 0 radical (unpaired) electrons. The molecule has 0 saturated heterocycles. The lowest BCUT2D eigenvalue weighted by molar-refractivity contribution is 0.103. The van der Waals surface area contributed by atoms with Crippen LogP contribution in [0.1, 0.15) is 27.0 Å². The molecule has 0 aromatic heterocycles. The van der Waals surface area contributed by atoms with Gasteiger partial charge in [-0.3, -0.25) is 4.79 Å². The number of ether oxygens (including phenoxy) is 2. The van der Waals surface area contributed by atoms with Crippen LogP contribution >= 0.6 is 0 Å². The van der Waals surface area contributed by atoms with Crippen LogP contribution in [0.25, 0.3) is 0 Å². The molecule has 0 amide bonds. The average molecular weight is 394 g/mol. The molecule has 0 spiro atoms. The highest BCUT2D eigenvalue weighted by molar-refractivity contribution is 6.10. The molecule has 0 fully saturated rings. The van der Waals surface area contributed by atoms with E-state index in [9.17, 15) is 4.79 Å². The van der Waals surface area contributed by atoms with Crippen molar-refractivity contribution < 1.29 is 14.3 Å². The van der Waals surface area contributed by atoms with E-state index >= 15 is 0 Å². The summed E-state index contributed by atoms with van der Waals surface area (Å²) < 4.78 is 12.0. The van der Waals surface area contributed by atoms with Gasteiger partial charge in [0.1, 0.15) is 24.7 Å². The van der Waals surface area contributed by atoms with Gasteiger partial charge in [-0.05, 0) is 23.3 Å². The highest BCUT2D eigenvalue weighted by Crippen LogP contribution is 2.28. The van der Waals surface area contributed by atoms with Crippen molar-refractivity contribution in [3.8, 4) is 11.5 Å². The van der Waals surface area contributed by atoms with Crippen LogP contribution in [0, 0.1) is 0 Å². The van der Waals surface area contributed by atoms with Crippen molar-refractivity contribution in [3.05, 3.63) is 131 Å². The zero-order valence-electron chi connectivity index (χ0n) is 16.5. The van der Waals surface area contributed by atoms with E-state index in [1.165, 1.54) is 0 Å². The van der Waals surface area contributed by atoms with Gasteiger partial charge in [0.25, 0.3) is 0 Å². The molecule has 0 atom stereocenters. The Hall–Kier alpha value is -3.85. The van der Waals surface area contributed by atoms with E-state index < -0.39 is 0 Å². The molecule has 3 nitrogen and oxygen atoms in total. The Kier molecular flexibility index (Phi) is 6.21. The van der Waals surface area contributed by atoms with Crippen LogP contribution in [-0.4, -0.2) is 5.78 Å². The lowest BCUT2D eigenvalue weighted by atomic mass is 10.0. The maximum atomic E-state index is 13.0. The molecule has 4 aromatic rings. The molecule has 148 valence electrons. The first-order valence-electron chi connectivity index (χ1n) is 9.87. The van der Waals surface area contributed by atoms with Gasteiger partial charge < -0.3 is 9.47 Å². The summed E-state index contributed by atoms with van der Waals surface area (Å²) >= 11 is 0. The molecule has 0 saturated carbocycles. The van der Waals surface area contributed by atoms with Crippen molar-refractivity contribution in [3.63, 3.8) is 0 Å². The van der Waals surface area contributed by atoms with Gasteiger partial charge in [-0.15, -0.1) is 0 Å². The summed E-state index contributed by atoms with van der Waals surface area (Å²) in [6.45, 7) is 0.822. The highest BCUT2D eigenvalue weighted by Gasteiger charge is 2.16. The van der Waals surface area contributed by atoms with Crippen molar-refractivity contribution >= 4 is 5.78 Å². The fourth-order valence-electron chi connectivity index (χ4n) is 3.12. The molecule has 4 rings (SSSR count). The normalized spacial score (nSPS) is 10.4. The number of rotatable bonds is 8. The molecule has 0 unspecified atom stereocenters. The lowest BCUT2D eigenvalue weighted by Gasteiger charge is -2.14. The zero-order chi connectivity index (χ0) is 20.6. The average Bonchev–Trinajstić information content (AvgIpc) is 2.83. The summed E-state index contributed by atoms with van der Waals surface area (Å²) in [4.78, 5) is 13.0. The predicted octanol–water partition coefficient (Wildman–Crippen LogP) is 6.08. The minimum absolute atomic E-state index is 0.0757. The van der Waals surface area contributed by atoms with E-state index in [1.807, 2.05) is 97.1 Å². The molecule has 0 heterocycles. The van der Waals surface area contributed by atoms with Gasteiger partial charge in [-0.2, -0.15) is 0 Å². The predicted molar refractivity (Wildman–Crippen MR) is 118 cm³/mol. The van der Waals surface area contributed by atoms with E-state index in [0.717, 1.165) is 11.1 Å². The van der Waals surface area contributed by atoms with Gasteiger partial charge in [0.15, 0.2) is 5.78 Å². The smallest absolute Gasteiger partial charge is 0.196 e. The lowest BCUT2D eigenvalue weighted by Crippen LogP contribution is -2.06. The topological polar surface area (TPSA) is 35.5 Å². The van der Waals surface area contributed by atoms with Gasteiger partial charge in [-0.25, -0.2) is 0 Å². The first kappa shape index (κ1) is 19.5. The molecule has 30 heavy (non-hydrogen) atoms. The summed E-state index contributed by atoms with van der Waals surface area (Å²) in [7, 11) is 0. The second-order valence-electron chi connectivity index (χ2n) is 6.90. The Labute approximate surface area is 176 Å². The molecule has 0 bridgehead atoms. The third-order valence-corrected chi connectivity index (χ3v) is 4.72. The second-order valence-corrected chi connectivity index (χ2v) is 6.90. The van der Waals surface area contributed by atoms with Crippen LogP contribution in [0.3, 0.4) is 0 Å². The van der Waals surface area contributed by atoms with Gasteiger partial charge in [-0.1, -0.05) is 91.0 Å². The number of hydrogen-bond acceptors (Lipinski definition) is 3. The highest BCUT2D eigenvalue weighted by atomic mass is 16.5. The Bertz CT molecular complexity index is 1090. The minimum atomic E-state index is -0.0757. The molecule has 4 aromatic carbocycles. The van der Waals surface area contributed by atoms with Crippen LogP contribution in [0.2, 0.25) is 0 Å². The monoisotopic (exact) mass is 394 g/mol. The maximum absolute atomic E-state index is 13.0. The Balaban J connectivity index is 1.58.